The lowest BCUT2D eigenvalue weighted by Gasteiger charge is -2.13. The van der Waals surface area contributed by atoms with E-state index < -0.39 is 24.1 Å². The number of benzene rings is 2. The Bertz CT molecular complexity index is 1130. The third-order valence-corrected chi connectivity index (χ3v) is 4.52. The van der Waals surface area contributed by atoms with Gasteiger partial charge in [-0.05, 0) is 49.7 Å². The lowest BCUT2D eigenvalue weighted by atomic mass is 10.1. The van der Waals surface area contributed by atoms with Crippen molar-refractivity contribution >= 4 is 23.5 Å². The molecule has 2 atom stereocenters. The summed E-state index contributed by atoms with van der Waals surface area (Å²) in [7, 11) is 0. The summed E-state index contributed by atoms with van der Waals surface area (Å²) < 4.78 is 10.4. The van der Waals surface area contributed by atoms with Gasteiger partial charge in [0.25, 0.3) is 0 Å². The molecule has 0 fully saturated rings. The lowest BCUT2D eigenvalue weighted by molar-refractivity contribution is -0.145. The second kappa shape index (κ2) is 9.57. The Hall–Kier alpha value is -4.12. The zero-order valence-corrected chi connectivity index (χ0v) is 18.0. The van der Waals surface area contributed by atoms with Gasteiger partial charge in [0.2, 0.25) is 5.28 Å². The number of aromatic hydroxyl groups is 2. The topological polar surface area (TPSA) is 172 Å². The van der Waals surface area contributed by atoms with Crippen molar-refractivity contribution in [2.45, 2.75) is 26.1 Å². The van der Waals surface area contributed by atoms with Crippen molar-refractivity contribution in [1.29, 1.82) is 0 Å². The molecule has 12 heteroatoms. The van der Waals surface area contributed by atoms with E-state index in [9.17, 15) is 19.8 Å². The summed E-state index contributed by atoms with van der Waals surface area (Å²) >= 11 is 6.02. The van der Waals surface area contributed by atoms with Gasteiger partial charge < -0.3 is 29.9 Å². The van der Waals surface area contributed by atoms with Gasteiger partial charge in [0.1, 0.15) is 23.0 Å². The van der Waals surface area contributed by atoms with Gasteiger partial charge >= 0.3 is 11.9 Å². The molecule has 4 N–H and O–H groups in total. The summed E-state index contributed by atoms with van der Waals surface area (Å²) in [6.45, 7) is 2.69. The Morgan fingerprint density at radius 3 is 1.52 bits per heavy atom. The van der Waals surface area contributed by atoms with Crippen LogP contribution in [0.15, 0.2) is 36.4 Å². The minimum Gasteiger partial charge on any atom is -0.507 e. The van der Waals surface area contributed by atoms with E-state index in [0.717, 1.165) is 0 Å². The molecule has 0 saturated carbocycles. The Morgan fingerprint density at radius 1 is 0.788 bits per heavy atom. The first kappa shape index (κ1) is 23.5. The predicted molar refractivity (Wildman–Crippen MR) is 114 cm³/mol. The highest BCUT2D eigenvalue weighted by molar-refractivity contribution is 6.28. The zero-order chi connectivity index (χ0) is 24.3. The number of carbonyl (C=O) groups is 2. The highest BCUT2D eigenvalue weighted by Crippen LogP contribution is 2.35. The summed E-state index contributed by atoms with van der Waals surface area (Å²) in [4.78, 5) is 34.1. The van der Waals surface area contributed by atoms with Gasteiger partial charge in [0.05, 0.1) is 11.1 Å². The van der Waals surface area contributed by atoms with Crippen LogP contribution in [0.25, 0.3) is 22.8 Å². The number of aromatic nitrogens is 3. The SMILES string of the molecule is CC(Oc1ccc(-c2nc(Cl)nc(-c3ccc(OC(C)C(=O)O)cc3O)n2)c(O)c1)C(=O)O. The summed E-state index contributed by atoms with van der Waals surface area (Å²) in [6.07, 6.45) is -2.25. The molecule has 3 rings (SSSR count). The summed E-state index contributed by atoms with van der Waals surface area (Å²) in [5, 5.41) is 38.4. The van der Waals surface area contributed by atoms with Crippen LogP contribution in [0.3, 0.4) is 0 Å². The van der Waals surface area contributed by atoms with E-state index in [2.05, 4.69) is 15.0 Å². The maximum absolute atomic E-state index is 10.9. The molecule has 0 spiro atoms. The molecule has 1 heterocycles. The predicted octanol–water partition coefficient (Wildman–Crippen LogP) is 2.97. The standard InChI is InChI=1S/C21H18ClN3O8/c1-9(19(28)29)32-11-3-5-13(15(26)7-11)17-23-18(25-21(22)24-17)14-6-4-12(8-16(14)27)33-10(2)20(30)31/h3-10,26-27H,1-2H3,(H,28,29)(H,30,31). The molecule has 172 valence electrons. The Kier molecular flexibility index (Phi) is 6.83. The first-order valence-corrected chi connectivity index (χ1v) is 9.80. The van der Waals surface area contributed by atoms with Crippen molar-refractivity contribution in [2.75, 3.05) is 0 Å². The first-order chi connectivity index (χ1) is 15.5. The molecule has 0 aliphatic heterocycles. The van der Waals surface area contributed by atoms with E-state index in [0.29, 0.717) is 0 Å². The molecule has 2 unspecified atom stereocenters. The minimum atomic E-state index is -1.17. The Morgan fingerprint density at radius 2 is 1.18 bits per heavy atom. The van der Waals surface area contributed by atoms with Crippen molar-refractivity contribution in [3.05, 3.63) is 41.7 Å². The van der Waals surface area contributed by atoms with Gasteiger partial charge in [-0.1, -0.05) is 0 Å². The summed E-state index contributed by atoms with van der Waals surface area (Å²) in [5.41, 5.74) is 0.316. The van der Waals surface area contributed by atoms with E-state index >= 15 is 0 Å². The molecule has 0 amide bonds. The molecule has 0 bridgehead atoms. The molecule has 11 nitrogen and oxygen atoms in total. The molecule has 33 heavy (non-hydrogen) atoms. The van der Waals surface area contributed by atoms with Crippen LogP contribution < -0.4 is 9.47 Å². The fourth-order valence-electron chi connectivity index (χ4n) is 2.65. The quantitative estimate of drug-likeness (QED) is 0.377. The second-order valence-electron chi connectivity index (χ2n) is 6.81. The number of rotatable bonds is 8. The molecule has 0 aliphatic rings. The smallest absolute Gasteiger partial charge is 0.344 e. The number of halogens is 1. The van der Waals surface area contributed by atoms with Crippen LogP contribution in [0, 0.1) is 0 Å². The number of carboxylic acids is 2. The Labute approximate surface area is 191 Å². The average Bonchev–Trinajstić information content (AvgIpc) is 2.73. The van der Waals surface area contributed by atoms with Crippen LogP contribution >= 0.6 is 11.6 Å². The number of hydrogen-bond acceptors (Lipinski definition) is 9. The van der Waals surface area contributed by atoms with Crippen LogP contribution in [-0.4, -0.2) is 59.5 Å². The van der Waals surface area contributed by atoms with Crippen molar-refractivity contribution in [2.24, 2.45) is 0 Å². The van der Waals surface area contributed by atoms with Gasteiger partial charge in [0, 0.05) is 12.1 Å². The number of aliphatic carboxylic acids is 2. The molecular formula is C21H18ClN3O8. The summed E-state index contributed by atoms with van der Waals surface area (Å²) in [5.74, 6) is -2.71. The number of phenols is 2. The zero-order valence-electron chi connectivity index (χ0n) is 17.3. The first-order valence-electron chi connectivity index (χ1n) is 9.42. The van der Waals surface area contributed by atoms with E-state index in [1.54, 1.807) is 0 Å². The monoisotopic (exact) mass is 475 g/mol. The molecule has 2 aromatic carbocycles. The maximum atomic E-state index is 10.9. The van der Waals surface area contributed by atoms with Gasteiger partial charge in [-0.2, -0.15) is 9.97 Å². The second-order valence-corrected chi connectivity index (χ2v) is 7.14. The maximum Gasteiger partial charge on any atom is 0.344 e. The lowest BCUT2D eigenvalue weighted by Crippen LogP contribution is -2.22. The molecule has 0 radical (unpaired) electrons. The number of ether oxygens (including phenoxy) is 2. The Balaban J connectivity index is 1.93. The normalized spacial score (nSPS) is 12.6. The third kappa shape index (κ3) is 5.57. The highest BCUT2D eigenvalue weighted by atomic mass is 35.5. The number of phenolic OH excluding ortho intramolecular Hbond substituents is 2. The molecule has 0 aliphatic carbocycles. The molecular weight excluding hydrogens is 458 g/mol. The summed E-state index contributed by atoms with van der Waals surface area (Å²) in [6, 6.07) is 8.11. The fourth-order valence-corrected chi connectivity index (χ4v) is 2.81. The average molecular weight is 476 g/mol. The van der Waals surface area contributed by atoms with Crippen molar-refractivity contribution in [3.63, 3.8) is 0 Å². The van der Waals surface area contributed by atoms with Crippen molar-refractivity contribution in [3.8, 4) is 45.8 Å². The van der Waals surface area contributed by atoms with Crippen molar-refractivity contribution < 1.29 is 39.5 Å². The molecule has 1 aromatic heterocycles. The minimum absolute atomic E-state index is 0.0143. The number of hydrogen-bond donors (Lipinski definition) is 4. The van der Waals surface area contributed by atoms with Crippen molar-refractivity contribution in [1.82, 2.24) is 15.0 Å². The van der Waals surface area contributed by atoms with E-state index in [1.165, 1.54) is 50.2 Å². The fraction of sp³-hybridized carbons (Fsp3) is 0.190. The van der Waals surface area contributed by atoms with E-state index in [1.807, 2.05) is 0 Å². The van der Waals surface area contributed by atoms with Crippen LogP contribution in [0.2, 0.25) is 5.28 Å². The van der Waals surface area contributed by atoms with E-state index in [-0.39, 0.29) is 51.1 Å². The molecule has 0 saturated heterocycles. The van der Waals surface area contributed by atoms with Gasteiger partial charge in [-0.15, -0.1) is 0 Å². The van der Waals surface area contributed by atoms with Gasteiger partial charge in [0.15, 0.2) is 23.9 Å². The van der Waals surface area contributed by atoms with Crippen LogP contribution in [0.5, 0.6) is 23.0 Å². The van der Waals surface area contributed by atoms with Crippen LogP contribution in [0.1, 0.15) is 13.8 Å². The molecule has 3 aromatic rings. The number of carboxylic acid groups (broad SMARTS) is 2. The van der Waals surface area contributed by atoms with Crippen LogP contribution in [0.4, 0.5) is 0 Å². The number of nitrogens with zero attached hydrogens (tertiary/aromatic N) is 3. The largest absolute Gasteiger partial charge is 0.507 e. The third-order valence-electron chi connectivity index (χ3n) is 4.35. The van der Waals surface area contributed by atoms with E-state index in [4.69, 9.17) is 31.3 Å². The van der Waals surface area contributed by atoms with Gasteiger partial charge in [-0.3, -0.25) is 0 Å². The van der Waals surface area contributed by atoms with Crippen LogP contribution in [-0.2, 0) is 9.59 Å². The van der Waals surface area contributed by atoms with Gasteiger partial charge in [-0.25, -0.2) is 14.6 Å². The highest BCUT2D eigenvalue weighted by Gasteiger charge is 2.19.